The second kappa shape index (κ2) is 7.68. The van der Waals surface area contributed by atoms with Crippen LogP contribution in [-0.4, -0.2) is 38.2 Å². The number of methoxy groups -OCH3 is 1. The fourth-order valence-corrected chi connectivity index (χ4v) is 4.23. The summed E-state index contributed by atoms with van der Waals surface area (Å²) in [5.74, 6) is -0.672. The molecule has 1 atom stereocenters. The number of thiophene rings is 2. The molecule has 120 valence electrons. The standard InChI is InChI=1S/C14H18N2O4S2/c1-3-20-14(18)12-8(11-10(22-12)4-5-21-11)6-16-13(17)9(15)7-19-2/h4-5,9H,3,6-7,15H2,1-2H3,(H,16,17). The zero-order chi connectivity index (χ0) is 16.1. The predicted octanol–water partition coefficient (Wildman–Crippen LogP) is 1.73. The number of fused-ring (bicyclic) bond motifs is 1. The van der Waals surface area contributed by atoms with Crippen LogP contribution in [0.5, 0.6) is 0 Å². The number of rotatable bonds is 7. The van der Waals surface area contributed by atoms with Gasteiger partial charge >= 0.3 is 5.97 Å². The summed E-state index contributed by atoms with van der Waals surface area (Å²) < 4.78 is 11.9. The number of hydrogen-bond donors (Lipinski definition) is 2. The molecule has 0 bridgehead atoms. The average molecular weight is 342 g/mol. The van der Waals surface area contributed by atoms with Crippen molar-refractivity contribution in [1.29, 1.82) is 0 Å². The van der Waals surface area contributed by atoms with Gasteiger partial charge in [0, 0.05) is 23.9 Å². The van der Waals surface area contributed by atoms with Crippen LogP contribution in [0, 0.1) is 0 Å². The molecule has 0 fully saturated rings. The average Bonchev–Trinajstić information content (AvgIpc) is 3.06. The molecule has 6 nitrogen and oxygen atoms in total. The van der Waals surface area contributed by atoms with Gasteiger partial charge in [-0.15, -0.1) is 22.7 Å². The summed E-state index contributed by atoms with van der Waals surface area (Å²) in [6.45, 7) is 2.47. The number of nitrogens with one attached hydrogen (secondary N) is 1. The molecule has 0 spiro atoms. The quantitative estimate of drug-likeness (QED) is 0.748. The van der Waals surface area contributed by atoms with Crippen LogP contribution in [0.3, 0.4) is 0 Å². The SMILES string of the molecule is CCOC(=O)c1sc2ccsc2c1CNC(=O)C(N)COC. The molecule has 1 unspecified atom stereocenters. The number of esters is 1. The van der Waals surface area contributed by atoms with Gasteiger partial charge in [0.05, 0.1) is 17.9 Å². The number of carbonyl (C=O) groups is 2. The van der Waals surface area contributed by atoms with Crippen LogP contribution in [0.15, 0.2) is 11.4 Å². The summed E-state index contributed by atoms with van der Waals surface area (Å²) in [5.41, 5.74) is 6.47. The van der Waals surface area contributed by atoms with Gasteiger partial charge in [-0.25, -0.2) is 4.79 Å². The molecule has 0 saturated carbocycles. The lowest BCUT2D eigenvalue weighted by atomic mass is 10.2. The van der Waals surface area contributed by atoms with Crippen LogP contribution in [0.1, 0.15) is 22.2 Å². The highest BCUT2D eigenvalue weighted by Crippen LogP contribution is 2.35. The molecule has 2 rings (SSSR count). The van der Waals surface area contributed by atoms with E-state index in [1.807, 2.05) is 11.4 Å². The first-order chi connectivity index (χ1) is 10.6. The Morgan fingerprint density at radius 2 is 2.23 bits per heavy atom. The normalized spacial score (nSPS) is 12.3. The Labute approximate surface area is 136 Å². The van der Waals surface area contributed by atoms with Crippen molar-refractivity contribution in [1.82, 2.24) is 5.32 Å². The van der Waals surface area contributed by atoms with Crippen LogP contribution in [0.25, 0.3) is 9.40 Å². The Hall–Kier alpha value is -1.48. The molecule has 0 radical (unpaired) electrons. The van der Waals surface area contributed by atoms with Gasteiger partial charge in [0.2, 0.25) is 5.91 Å². The van der Waals surface area contributed by atoms with Crippen LogP contribution in [-0.2, 0) is 20.8 Å². The first-order valence-electron chi connectivity index (χ1n) is 6.76. The molecule has 0 aromatic carbocycles. The first kappa shape index (κ1) is 16.9. The fraction of sp³-hybridized carbons (Fsp3) is 0.429. The van der Waals surface area contributed by atoms with Crippen LogP contribution < -0.4 is 11.1 Å². The summed E-state index contributed by atoms with van der Waals surface area (Å²) in [5, 5.41) is 4.71. The van der Waals surface area contributed by atoms with E-state index in [-0.39, 0.29) is 25.0 Å². The Kier molecular flexibility index (Phi) is 5.90. The molecule has 2 heterocycles. The monoisotopic (exact) mass is 342 g/mol. The minimum absolute atomic E-state index is 0.147. The second-order valence-corrected chi connectivity index (χ2v) is 6.49. The van der Waals surface area contributed by atoms with Crippen molar-refractivity contribution in [3.05, 3.63) is 21.9 Å². The second-order valence-electron chi connectivity index (χ2n) is 4.52. The van der Waals surface area contributed by atoms with E-state index in [4.69, 9.17) is 15.2 Å². The van der Waals surface area contributed by atoms with Gasteiger partial charge in [-0.2, -0.15) is 0 Å². The first-order valence-corrected chi connectivity index (χ1v) is 8.46. The third-order valence-electron chi connectivity index (χ3n) is 2.97. The zero-order valence-corrected chi connectivity index (χ0v) is 14.0. The predicted molar refractivity (Wildman–Crippen MR) is 87.4 cm³/mol. The van der Waals surface area contributed by atoms with E-state index >= 15 is 0 Å². The van der Waals surface area contributed by atoms with E-state index in [0.717, 1.165) is 15.0 Å². The van der Waals surface area contributed by atoms with Gasteiger partial charge in [0.15, 0.2) is 0 Å². The third-order valence-corrected chi connectivity index (χ3v) is 5.25. The molecule has 1 amide bonds. The maximum atomic E-state index is 12.0. The smallest absolute Gasteiger partial charge is 0.348 e. The van der Waals surface area contributed by atoms with Crippen molar-refractivity contribution >= 4 is 43.9 Å². The molecule has 2 aromatic rings. The van der Waals surface area contributed by atoms with Crippen LogP contribution >= 0.6 is 22.7 Å². The highest BCUT2D eigenvalue weighted by Gasteiger charge is 2.21. The van der Waals surface area contributed by atoms with Crippen molar-refractivity contribution in [2.45, 2.75) is 19.5 Å². The Morgan fingerprint density at radius 3 is 2.91 bits per heavy atom. The van der Waals surface area contributed by atoms with Gasteiger partial charge in [0.1, 0.15) is 10.9 Å². The minimum Gasteiger partial charge on any atom is -0.462 e. The third kappa shape index (κ3) is 3.64. The van der Waals surface area contributed by atoms with Gasteiger partial charge < -0.3 is 20.5 Å². The molecule has 0 aliphatic heterocycles. The molecule has 2 aromatic heterocycles. The Balaban J connectivity index is 2.18. The summed E-state index contributed by atoms with van der Waals surface area (Å²) in [6.07, 6.45) is 0. The van der Waals surface area contributed by atoms with E-state index in [1.165, 1.54) is 29.8 Å². The van der Waals surface area contributed by atoms with E-state index in [0.29, 0.717) is 11.5 Å². The van der Waals surface area contributed by atoms with E-state index in [1.54, 1.807) is 6.92 Å². The van der Waals surface area contributed by atoms with Crippen LogP contribution in [0.2, 0.25) is 0 Å². The van der Waals surface area contributed by atoms with Gasteiger partial charge in [-0.1, -0.05) is 0 Å². The van der Waals surface area contributed by atoms with Gasteiger partial charge in [0.25, 0.3) is 0 Å². The number of amides is 1. The van der Waals surface area contributed by atoms with E-state index < -0.39 is 6.04 Å². The fourth-order valence-electron chi connectivity index (χ4n) is 1.96. The van der Waals surface area contributed by atoms with Gasteiger partial charge in [-0.05, 0) is 18.4 Å². The highest BCUT2D eigenvalue weighted by atomic mass is 32.1. The molecule has 8 heteroatoms. The molecule has 3 N–H and O–H groups in total. The Bertz CT molecular complexity index is 665. The summed E-state index contributed by atoms with van der Waals surface area (Å²) in [6, 6.07) is 1.23. The minimum atomic E-state index is -0.728. The number of carbonyl (C=O) groups excluding carboxylic acids is 2. The van der Waals surface area contributed by atoms with Crippen molar-refractivity contribution in [2.24, 2.45) is 5.73 Å². The number of ether oxygens (including phenoxy) is 2. The molecule has 22 heavy (non-hydrogen) atoms. The zero-order valence-electron chi connectivity index (χ0n) is 12.4. The lowest BCUT2D eigenvalue weighted by Crippen LogP contribution is -2.43. The van der Waals surface area contributed by atoms with Crippen molar-refractivity contribution in [3.8, 4) is 0 Å². The highest BCUT2D eigenvalue weighted by molar-refractivity contribution is 7.28. The largest absolute Gasteiger partial charge is 0.462 e. The van der Waals surface area contributed by atoms with Crippen molar-refractivity contribution < 1.29 is 19.1 Å². The summed E-state index contributed by atoms with van der Waals surface area (Å²) in [7, 11) is 1.49. The lowest BCUT2D eigenvalue weighted by molar-refractivity contribution is -0.123. The van der Waals surface area contributed by atoms with E-state index in [9.17, 15) is 9.59 Å². The lowest BCUT2D eigenvalue weighted by Gasteiger charge is -2.11. The van der Waals surface area contributed by atoms with Gasteiger partial charge in [-0.3, -0.25) is 4.79 Å². The Morgan fingerprint density at radius 1 is 1.45 bits per heavy atom. The summed E-state index contributed by atoms with van der Waals surface area (Å²) >= 11 is 2.91. The number of nitrogens with two attached hydrogens (primary N) is 1. The van der Waals surface area contributed by atoms with E-state index in [2.05, 4.69) is 5.32 Å². The maximum absolute atomic E-state index is 12.0. The molecule has 0 aliphatic carbocycles. The molecule has 0 saturated heterocycles. The van der Waals surface area contributed by atoms with Crippen LogP contribution in [0.4, 0.5) is 0 Å². The van der Waals surface area contributed by atoms with Crippen molar-refractivity contribution in [3.63, 3.8) is 0 Å². The molecular formula is C14H18N2O4S2. The number of hydrogen-bond acceptors (Lipinski definition) is 7. The molecule has 0 aliphatic rings. The maximum Gasteiger partial charge on any atom is 0.348 e. The summed E-state index contributed by atoms with van der Waals surface area (Å²) in [4.78, 5) is 24.5. The topological polar surface area (TPSA) is 90.7 Å². The molecular weight excluding hydrogens is 324 g/mol. The van der Waals surface area contributed by atoms with Crippen molar-refractivity contribution in [2.75, 3.05) is 20.3 Å².